The van der Waals surface area contributed by atoms with Crippen LogP contribution in [0.25, 0.3) is 0 Å². The van der Waals surface area contributed by atoms with Crippen LogP contribution in [0.3, 0.4) is 0 Å². The topological polar surface area (TPSA) is 20.3 Å². The molecule has 0 N–H and O–H groups in total. The van der Waals surface area contributed by atoms with Crippen LogP contribution in [0.4, 0.5) is 0 Å². The standard InChI is InChI=1S/C7H11NO/c9-7-5-6-3-1-2-4-8(6)7/h6H,1-5H2. The molecule has 0 aromatic carbocycles. The van der Waals surface area contributed by atoms with Gasteiger partial charge in [0.25, 0.3) is 0 Å². The van der Waals surface area contributed by atoms with Crippen LogP contribution in [0.2, 0.25) is 0 Å². The summed E-state index contributed by atoms with van der Waals surface area (Å²) in [5, 5.41) is 0. The fourth-order valence-corrected chi connectivity index (χ4v) is 1.75. The molecule has 2 fully saturated rings. The lowest BCUT2D eigenvalue weighted by Gasteiger charge is -2.43. The zero-order chi connectivity index (χ0) is 6.27. The van der Waals surface area contributed by atoms with Crippen LogP contribution >= 0.6 is 0 Å². The molecule has 2 nitrogen and oxygen atoms in total. The van der Waals surface area contributed by atoms with Gasteiger partial charge in [0, 0.05) is 19.0 Å². The Morgan fingerprint density at radius 2 is 2.33 bits per heavy atom. The van der Waals surface area contributed by atoms with E-state index in [0.717, 1.165) is 13.0 Å². The molecule has 0 aliphatic carbocycles. The summed E-state index contributed by atoms with van der Waals surface area (Å²) in [5.41, 5.74) is 0. The first-order chi connectivity index (χ1) is 4.38. The average molecular weight is 125 g/mol. The van der Waals surface area contributed by atoms with Crippen molar-refractivity contribution >= 4 is 5.91 Å². The largest absolute Gasteiger partial charge is 0.339 e. The van der Waals surface area contributed by atoms with Crippen LogP contribution in [0, 0.1) is 0 Å². The van der Waals surface area contributed by atoms with Crippen molar-refractivity contribution < 1.29 is 4.79 Å². The summed E-state index contributed by atoms with van der Waals surface area (Å²) in [6.45, 7) is 1.03. The van der Waals surface area contributed by atoms with E-state index in [9.17, 15) is 4.79 Å². The summed E-state index contributed by atoms with van der Waals surface area (Å²) in [4.78, 5) is 12.8. The van der Waals surface area contributed by atoms with Crippen molar-refractivity contribution in [2.75, 3.05) is 6.54 Å². The fourth-order valence-electron chi connectivity index (χ4n) is 1.75. The van der Waals surface area contributed by atoms with Gasteiger partial charge in [0.2, 0.25) is 5.91 Å². The highest BCUT2D eigenvalue weighted by Gasteiger charge is 2.36. The number of nitrogens with zero attached hydrogens (tertiary/aromatic N) is 1. The lowest BCUT2D eigenvalue weighted by atomic mass is 9.92. The first-order valence-corrected chi connectivity index (χ1v) is 3.67. The lowest BCUT2D eigenvalue weighted by Crippen LogP contribution is -2.54. The first kappa shape index (κ1) is 5.27. The number of amides is 1. The Bertz CT molecular complexity index is 144. The van der Waals surface area contributed by atoms with Crippen LogP contribution < -0.4 is 0 Å². The Labute approximate surface area is 54.8 Å². The van der Waals surface area contributed by atoms with Gasteiger partial charge in [-0.3, -0.25) is 4.79 Å². The molecule has 1 atom stereocenters. The van der Waals surface area contributed by atoms with Gasteiger partial charge in [-0.2, -0.15) is 0 Å². The van der Waals surface area contributed by atoms with E-state index in [1.165, 1.54) is 19.3 Å². The Morgan fingerprint density at radius 1 is 1.44 bits per heavy atom. The van der Waals surface area contributed by atoms with Crippen LogP contribution in [-0.2, 0) is 4.79 Å². The SMILES string of the molecule is O=C1CC2CCCCN12. The smallest absolute Gasteiger partial charge is 0.224 e. The maximum atomic E-state index is 10.8. The predicted octanol–water partition coefficient (Wildman–Crippen LogP) is 0.771. The van der Waals surface area contributed by atoms with E-state index in [-0.39, 0.29) is 0 Å². The molecule has 0 radical (unpaired) electrons. The van der Waals surface area contributed by atoms with Gasteiger partial charge in [-0.1, -0.05) is 0 Å². The number of hydrogen-bond acceptors (Lipinski definition) is 1. The normalized spacial score (nSPS) is 33.6. The van der Waals surface area contributed by atoms with Crippen LogP contribution in [0.1, 0.15) is 25.7 Å². The van der Waals surface area contributed by atoms with Crippen molar-refractivity contribution in [3.63, 3.8) is 0 Å². The molecule has 2 rings (SSSR count). The van der Waals surface area contributed by atoms with Gasteiger partial charge in [-0.15, -0.1) is 0 Å². The Hall–Kier alpha value is -0.530. The number of rotatable bonds is 0. The molecule has 2 heteroatoms. The molecule has 1 unspecified atom stereocenters. The van der Waals surface area contributed by atoms with E-state index >= 15 is 0 Å². The van der Waals surface area contributed by atoms with Crippen molar-refractivity contribution in [3.8, 4) is 0 Å². The molecule has 50 valence electrons. The van der Waals surface area contributed by atoms with Crippen molar-refractivity contribution in [3.05, 3.63) is 0 Å². The Kier molecular flexibility index (Phi) is 1.01. The third kappa shape index (κ3) is 0.655. The van der Waals surface area contributed by atoms with Crippen LogP contribution in [-0.4, -0.2) is 23.4 Å². The summed E-state index contributed by atoms with van der Waals surface area (Å²) in [5.74, 6) is 0.375. The van der Waals surface area contributed by atoms with E-state index in [2.05, 4.69) is 0 Å². The zero-order valence-corrected chi connectivity index (χ0v) is 5.47. The third-order valence-electron chi connectivity index (χ3n) is 2.36. The molecular weight excluding hydrogens is 114 g/mol. The minimum Gasteiger partial charge on any atom is -0.339 e. The maximum absolute atomic E-state index is 10.8. The number of β-lactam (4-membered cyclic amide) rings is 1. The highest BCUT2D eigenvalue weighted by atomic mass is 16.2. The quantitative estimate of drug-likeness (QED) is 0.438. The van der Waals surface area contributed by atoms with Crippen molar-refractivity contribution in [1.82, 2.24) is 4.90 Å². The molecule has 2 aliphatic heterocycles. The number of carbonyl (C=O) groups excluding carboxylic acids is 1. The van der Waals surface area contributed by atoms with Gasteiger partial charge in [0.15, 0.2) is 0 Å². The van der Waals surface area contributed by atoms with Gasteiger partial charge < -0.3 is 4.90 Å². The lowest BCUT2D eigenvalue weighted by molar-refractivity contribution is -0.148. The Balaban J connectivity index is 2.01. The van der Waals surface area contributed by atoms with Gasteiger partial charge in [0.05, 0.1) is 0 Å². The zero-order valence-electron chi connectivity index (χ0n) is 5.47. The van der Waals surface area contributed by atoms with Crippen molar-refractivity contribution in [2.45, 2.75) is 31.7 Å². The predicted molar refractivity (Wildman–Crippen MR) is 34.0 cm³/mol. The van der Waals surface area contributed by atoms with E-state index in [4.69, 9.17) is 0 Å². The second kappa shape index (κ2) is 1.72. The second-order valence-electron chi connectivity index (χ2n) is 2.94. The van der Waals surface area contributed by atoms with Crippen LogP contribution in [0.5, 0.6) is 0 Å². The molecule has 9 heavy (non-hydrogen) atoms. The van der Waals surface area contributed by atoms with Crippen molar-refractivity contribution in [2.24, 2.45) is 0 Å². The van der Waals surface area contributed by atoms with E-state index < -0.39 is 0 Å². The van der Waals surface area contributed by atoms with Crippen LogP contribution in [0.15, 0.2) is 0 Å². The van der Waals surface area contributed by atoms with E-state index in [0.29, 0.717) is 11.9 Å². The molecule has 0 spiro atoms. The summed E-state index contributed by atoms with van der Waals surface area (Å²) < 4.78 is 0. The highest BCUT2D eigenvalue weighted by Crippen LogP contribution is 2.28. The monoisotopic (exact) mass is 125 g/mol. The van der Waals surface area contributed by atoms with Crippen molar-refractivity contribution in [1.29, 1.82) is 0 Å². The summed E-state index contributed by atoms with van der Waals surface area (Å²) >= 11 is 0. The van der Waals surface area contributed by atoms with E-state index in [1.807, 2.05) is 4.90 Å². The maximum Gasteiger partial charge on any atom is 0.224 e. The minimum absolute atomic E-state index is 0.375. The number of carbonyl (C=O) groups is 1. The molecule has 1 amide bonds. The first-order valence-electron chi connectivity index (χ1n) is 3.67. The van der Waals surface area contributed by atoms with Gasteiger partial charge in [-0.25, -0.2) is 0 Å². The summed E-state index contributed by atoms with van der Waals surface area (Å²) in [7, 11) is 0. The Morgan fingerprint density at radius 3 is 2.89 bits per heavy atom. The average Bonchev–Trinajstić information content (AvgIpc) is 1.86. The fraction of sp³-hybridized carbons (Fsp3) is 0.857. The van der Waals surface area contributed by atoms with E-state index in [1.54, 1.807) is 0 Å². The third-order valence-corrected chi connectivity index (χ3v) is 2.36. The molecular formula is C7H11NO. The molecule has 0 aromatic rings. The number of piperidine rings is 1. The van der Waals surface area contributed by atoms with Gasteiger partial charge in [0.1, 0.15) is 0 Å². The molecule has 2 saturated heterocycles. The highest BCUT2D eigenvalue weighted by molar-refractivity contribution is 5.83. The summed E-state index contributed by atoms with van der Waals surface area (Å²) in [6.07, 6.45) is 4.64. The molecule has 0 saturated carbocycles. The number of fused-ring (bicyclic) bond motifs is 1. The summed E-state index contributed by atoms with van der Waals surface area (Å²) in [6, 6.07) is 0.645. The van der Waals surface area contributed by atoms with Gasteiger partial charge >= 0.3 is 0 Å². The minimum atomic E-state index is 0.375. The molecule has 2 heterocycles. The second-order valence-corrected chi connectivity index (χ2v) is 2.94. The molecule has 0 aromatic heterocycles. The molecule has 2 aliphatic rings. The molecule has 0 bridgehead atoms. The number of hydrogen-bond donors (Lipinski definition) is 0. The van der Waals surface area contributed by atoms with Gasteiger partial charge in [-0.05, 0) is 19.3 Å².